The van der Waals surface area contributed by atoms with Crippen LogP contribution in [0, 0.1) is 0 Å². The van der Waals surface area contributed by atoms with E-state index in [1.165, 1.54) is 6.20 Å². The minimum atomic E-state index is -4.74. The monoisotopic (exact) mass is 543 g/mol. The molecule has 0 aliphatic carbocycles. The number of sulfonamides is 1. The van der Waals surface area contributed by atoms with Crippen LogP contribution in [0.4, 0.5) is 13.2 Å². The standard InChI is InChI=1S/C21H14Cl2F3N5O3S/c22-12-7-5-11(6-8-12)17-14(13-3-1-2-4-15(13)23)9-28-18-16(19(32)29-10-21(24,25)26)20(30-31(17)18)35(27,33)34/h1-9H,10H2,(H,29,32)(H2,27,33,34). The van der Waals surface area contributed by atoms with Gasteiger partial charge >= 0.3 is 6.18 Å². The normalized spacial score (nSPS) is 12.2. The minimum Gasteiger partial charge on any atom is -0.343 e. The van der Waals surface area contributed by atoms with Crippen molar-refractivity contribution in [2.24, 2.45) is 5.14 Å². The average Bonchev–Trinajstić information content (AvgIpc) is 3.18. The van der Waals surface area contributed by atoms with Gasteiger partial charge in [-0.25, -0.2) is 23.1 Å². The summed E-state index contributed by atoms with van der Waals surface area (Å²) in [4.78, 5) is 16.8. The molecule has 0 bridgehead atoms. The molecule has 35 heavy (non-hydrogen) atoms. The van der Waals surface area contributed by atoms with Crippen molar-refractivity contribution in [1.82, 2.24) is 19.9 Å². The van der Waals surface area contributed by atoms with Crippen LogP contribution in [-0.4, -0.2) is 41.6 Å². The van der Waals surface area contributed by atoms with Gasteiger partial charge in [0.05, 0.1) is 5.69 Å². The van der Waals surface area contributed by atoms with Crippen molar-refractivity contribution in [3.63, 3.8) is 0 Å². The fourth-order valence-corrected chi connectivity index (χ4v) is 4.42. The van der Waals surface area contributed by atoms with Crippen LogP contribution in [0.5, 0.6) is 0 Å². The zero-order valence-corrected chi connectivity index (χ0v) is 19.7. The smallest absolute Gasteiger partial charge is 0.343 e. The maximum atomic E-state index is 12.7. The number of fused-ring (bicyclic) bond motifs is 1. The van der Waals surface area contributed by atoms with Crippen molar-refractivity contribution in [1.29, 1.82) is 0 Å². The summed E-state index contributed by atoms with van der Waals surface area (Å²) in [5.74, 6) is -1.36. The van der Waals surface area contributed by atoms with Gasteiger partial charge in [0.2, 0.25) is 5.03 Å². The molecule has 0 atom stereocenters. The van der Waals surface area contributed by atoms with Crippen LogP contribution in [0.15, 0.2) is 59.8 Å². The van der Waals surface area contributed by atoms with E-state index < -0.39 is 39.2 Å². The molecule has 2 heterocycles. The molecule has 0 fully saturated rings. The Labute approximate surface area is 206 Å². The van der Waals surface area contributed by atoms with Gasteiger partial charge in [-0.1, -0.05) is 53.5 Å². The van der Waals surface area contributed by atoms with Crippen LogP contribution >= 0.6 is 23.2 Å². The maximum Gasteiger partial charge on any atom is 0.405 e. The van der Waals surface area contributed by atoms with Gasteiger partial charge < -0.3 is 5.32 Å². The van der Waals surface area contributed by atoms with Crippen LogP contribution < -0.4 is 10.5 Å². The molecule has 0 aliphatic heterocycles. The number of alkyl halides is 3. The molecule has 14 heteroatoms. The Kier molecular flexibility index (Phi) is 6.49. The number of benzene rings is 2. The molecule has 1 amide bonds. The van der Waals surface area contributed by atoms with E-state index in [1.807, 2.05) is 0 Å². The number of aromatic nitrogens is 3. The molecule has 0 unspecified atom stereocenters. The summed E-state index contributed by atoms with van der Waals surface area (Å²) in [6.45, 7) is -1.70. The lowest BCUT2D eigenvalue weighted by Gasteiger charge is -2.13. The first kappa shape index (κ1) is 24.9. The van der Waals surface area contributed by atoms with Crippen LogP contribution in [0.25, 0.3) is 28.0 Å². The highest BCUT2D eigenvalue weighted by Crippen LogP contribution is 2.37. The molecule has 0 radical (unpaired) electrons. The van der Waals surface area contributed by atoms with Crippen molar-refractivity contribution >= 4 is 44.8 Å². The van der Waals surface area contributed by atoms with Crippen LogP contribution in [0.1, 0.15) is 10.4 Å². The van der Waals surface area contributed by atoms with Crippen LogP contribution in [0.2, 0.25) is 10.0 Å². The summed E-state index contributed by atoms with van der Waals surface area (Å²) < 4.78 is 63.6. The summed E-state index contributed by atoms with van der Waals surface area (Å²) >= 11 is 12.4. The summed E-state index contributed by atoms with van der Waals surface area (Å²) in [5, 5.41) is 10.7. The predicted octanol–water partition coefficient (Wildman–Crippen LogP) is 4.31. The van der Waals surface area contributed by atoms with Gasteiger partial charge in [-0.15, -0.1) is 0 Å². The van der Waals surface area contributed by atoms with E-state index in [1.54, 1.807) is 53.8 Å². The molecule has 8 nitrogen and oxygen atoms in total. The van der Waals surface area contributed by atoms with E-state index in [9.17, 15) is 26.4 Å². The summed E-state index contributed by atoms with van der Waals surface area (Å²) in [7, 11) is -4.65. The number of primary sulfonamides is 1. The number of carbonyl (C=O) groups excluding carboxylic acids is 1. The molecular weight excluding hydrogens is 530 g/mol. The van der Waals surface area contributed by atoms with E-state index in [2.05, 4.69) is 10.1 Å². The Hall–Kier alpha value is -3.19. The zero-order valence-electron chi connectivity index (χ0n) is 17.3. The van der Waals surface area contributed by atoms with Gasteiger partial charge in [-0.3, -0.25) is 4.79 Å². The minimum absolute atomic E-state index is 0.250. The summed E-state index contributed by atoms with van der Waals surface area (Å²) in [6.07, 6.45) is -3.42. The molecule has 0 spiro atoms. The van der Waals surface area contributed by atoms with Crippen molar-refractivity contribution in [2.45, 2.75) is 11.2 Å². The highest BCUT2D eigenvalue weighted by atomic mass is 35.5. The number of nitrogens with one attached hydrogen (secondary N) is 1. The molecule has 4 rings (SSSR count). The number of rotatable bonds is 5. The van der Waals surface area contributed by atoms with Crippen molar-refractivity contribution in [3.05, 3.63) is 70.3 Å². The second-order valence-electron chi connectivity index (χ2n) is 7.27. The lowest BCUT2D eigenvalue weighted by atomic mass is 10.0. The summed E-state index contributed by atoms with van der Waals surface area (Å²) in [5.41, 5.74) is 0.578. The molecule has 3 N–H and O–H groups in total. The van der Waals surface area contributed by atoms with Gasteiger partial charge in [0, 0.05) is 32.9 Å². The second-order valence-corrected chi connectivity index (χ2v) is 9.59. The molecule has 0 saturated carbocycles. The van der Waals surface area contributed by atoms with Gasteiger partial charge in [-0.2, -0.15) is 18.3 Å². The number of amides is 1. The molecule has 182 valence electrons. The number of nitrogens with two attached hydrogens (primary N) is 1. The highest BCUT2D eigenvalue weighted by molar-refractivity contribution is 7.89. The van der Waals surface area contributed by atoms with Crippen molar-refractivity contribution in [3.8, 4) is 22.4 Å². The van der Waals surface area contributed by atoms with Crippen molar-refractivity contribution < 1.29 is 26.4 Å². The summed E-state index contributed by atoms with van der Waals surface area (Å²) in [6, 6.07) is 13.1. The Morgan fingerprint density at radius 2 is 1.71 bits per heavy atom. The third kappa shape index (κ3) is 5.10. The number of nitrogens with zero attached hydrogens (tertiary/aromatic N) is 3. The van der Waals surface area contributed by atoms with E-state index in [0.717, 1.165) is 4.52 Å². The third-order valence-corrected chi connectivity index (χ3v) is 6.25. The van der Waals surface area contributed by atoms with Gasteiger partial charge in [0.15, 0.2) is 5.65 Å². The zero-order chi connectivity index (χ0) is 25.5. The SMILES string of the molecule is NS(=O)(=O)c1nn2c(-c3ccc(Cl)cc3)c(-c3ccccc3Cl)cnc2c1C(=O)NCC(F)(F)F. The molecular formula is C21H14Cl2F3N5O3S. The van der Waals surface area contributed by atoms with E-state index in [4.69, 9.17) is 28.3 Å². The van der Waals surface area contributed by atoms with Crippen LogP contribution in [-0.2, 0) is 10.0 Å². The molecule has 2 aromatic heterocycles. The molecule has 0 aliphatic rings. The Morgan fingerprint density at radius 3 is 2.31 bits per heavy atom. The first-order chi connectivity index (χ1) is 16.4. The predicted molar refractivity (Wildman–Crippen MR) is 124 cm³/mol. The van der Waals surface area contributed by atoms with Crippen LogP contribution in [0.3, 0.4) is 0 Å². The van der Waals surface area contributed by atoms with Gasteiger partial charge in [0.25, 0.3) is 15.9 Å². The lowest BCUT2D eigenvalue weighted by molar-refractivity contribution is -0.123. The largest absolute Gasteiger partial charge is 0.405 e. The second kappa shape index (κ2) is 9.11. The number of carbonyl (C=O) groups is 1. The quantitative estimate of drug-likeness (QED) is 0.388. The fraction of sp³-hybridized carbons (Fsp3) is 0.0952. The fourth-order valence-electron chi connectivity index (χ4n) is 3.39. The first-order valence-electron chi connectivity index (χ1n) is 9.67. The average molecular weight is 544 g/mol. The third-order valence-electron chi connectivity index (χ3n) is 4.84. The van der Waals surface area contributed by atoms with Crippen molar-refractivity contribution in [2.75, 3.05) is 6.54 Å². The van der Waals surface area contributed by atoms with E-state index in [0.29, 0.717) is 26.7 Å². The molecule has 0 saturated heterocycles. The number of hydrogen-bond acceptors (Lipinski definition) is 5. The topological polar surface area (TPSA) is 119 Å². The maximum absolute atomic E-state index is 12.7. The number of hydrogen-bond donors (Lipinski definition) is 2. The lowest BCUT2D eigenvalue weighted by Crippen LogP contribution is -2.34. The Morgan fingerprint density at radius 1 is 1.06 bits per heavy atom. The van der Waals surface area contributed by atoms with Gasteiger partial charge in [0.1, 0.15) is 12.1 Å². The van der Waals surface area contributed by atoms with Gasteiger partial charge in [-0.05, 0) is 18.2 Å². The molecule has 4 aromatic rings. The first-order valence-corrected chi connectivity index (χ1v) is 12.0. The number of halogens is 5. The molecule has 2 aromatic carbocycles. The highest BCUT2D eigenvalue weighted by Gasteiger charge is 2.33. The Bertz CT molecular complexity index is 1560. The van der Waals surface area contributed by atoms with E-state index >= 15 is 0 Å². The van der Waals surface area contributed by atoms with E-state index in [-0.39, 0.29) is 11.3 Å². The Balaban J connectivity index is 2.07.